The normalized spacial score (nSPS) is 15.7. The van der Waals surface area contributed by atoms with E-state index in [2.05, 4.69) is 10.1 Å². The van der Waals surface area contributed by atoms with Gasteiger partial charge in [-0.3, -0.25) is 4.79 Å². The van der Waals surface area contributed by atoms with Crippen molar-refractivity contribution in [2.45, 2.75) is 37.8 Å². The van der Waals surface area contributed by atoms with Crippen molar-refractivity contribution in [2.24, 2.45) is 0 Å². The number of alkyl halides is 3. The van der Waals surface area contributed by atoms with Gasteiger partial charge in [-0.2, -0.15) is 8.78 Å². The minimum absolute atomic E-state index is 0.0814. The molecule has 4 nitrogen and oxygen atoms in total. The minimum atomic E-state index is -2.94. The maximum atomic E-state index is 12.3. The number of hydrogen-bond acceptors (Lipinski definition) is 3. The predicted octanol–water partition coefficient (Wildman–Crippen LogP) is 3.25. The number of carbonyl (C=O) groups is 1. The molecule has 1 amide bonds. The molecule has 1 saturated carbocycles. The Hall–Kier alpha value is -1.56. The van der Waals surface area contributed by atoms with Gasteiger partial charge in [-0.25, -0.2) is 0 Å². The van der Waals surface area contributed by atoms with Gasteiger partial charge < -0.3 is 14.8 Å². The molecule has 0 heterocycles. The molecule has 1 unspecified atom stereocenters. The largest absolute Gasteiger partial charge is 0.490 e. The van der Waals surface area contributed by atoms with Gasteiger partial charge in [-0.05, 0) is 37.5 Å². The average Bonchev–Trinajstić information content (AvgIpc) is 3.23. The van der Waals surface area contributed by atoms with Crippen LogP contribution in [0, 0.1) is 0 Å². The number of hydrogen-bond donors (Lipinski definition) is 1. The number of halogens is 3. The Morgan fingerprint density at radius 2 is 2.14 bits per heavy atom. The predicted molar refractivity (Wildman–Crippen MR) is 74.0 cm³/mol. The van der Waals surface area contributed by atoms with Gasteiger partial charge in [0.25, 0.3) is 0 Å². The minimum Gasteiger partial charge on any atom is -0.490 e. The van der Waals surface area contributed by atoms with Crippen molar-refractivity contribution < 1.29 is 23.0 Å². The third-order valence-electron chi connectivity index (χ3n) is 2.93. The van der Waals surface area contributed by atoms with Gasteiger partial charge in [0.05, 0.1) is 6.61 Å². The zero-order valence-corrected chi connectivity index (χ0v) is 12.2. The topological polar surface area (TPSA) is 47.6 Å². The lowest BCUT2D eigenvalue weighted by atomic mass is 10.1. The number of rotatable bonds is 7. The molecule has 0 spiro atoms. The number of benzene rings is 1. The standard InChI is InChI=1S/C14H16ClF2NO3/c1-2-20-11-7-8(3-6-10(11)21-14(16)17)12(15)13(19)18-9-4-5-9/h3,6-7,9,12,14H,2,4-5H2,1H3,(H,18,19). The fourth-order valence-corrected chi connectivity index (χ4v) is 2.00. The second-order valence-corrected chi connectivity index (χ2v) is 5.10. The third-order valence-corrected chi connectivity index (χ3v) is 3.38. The monoisotopic (exact) mass is 319 g/mol. The molecule has 7 heteroatoms. The maximum absolute atomic E-state index is 12.3. The third kappa shape index (κ3) is 4.46. The van der Waals surface area contributed by atoms with E-state index >= 15 is 0 Å². The van der Waals surface area contributed by atoms with E-state index in [1.807, 2.05) is 0 Å². The van der Waals surface area contributed by atoms with Crippen LogP contribution in [0.25, 0.3) is 0 Å². The van der Waals surface area contributed by atoms with Crippen molar-refractivity contribution in [2.75, 3.05) is 6.61 Å². The van der Waals surface area contributed by atoms with Crippen LogP contribution in [0.5, 0.6) is 11.5 Å². The van der Waals surface area contributed by atoms with Crippen molar-refractivity contribution in [1.82, 2.24) is 5.32 Å². The van der Waals surface area contributed by atoms with Crippen molar-refractivity contribution >= 4 is 17.5 Å². The average molecular weight is 320 g/mol. The Kier molecular flexibility index (Phi) is 5.22. The first-order chi connectivity index (χ1) is 10.0. The molecule has 21 heavy (non-hydrogen) atoms. The van der Waals surface area contributed by atoms with Gasteiger partial charge in [0.2, 0.25) is 5.91 Å². The highest BCUT2D eigenvalue weighted by atomic mass is 35.5. The summed E-state index contributed by atoms with van der Waals surface area (Å²) in [7, 11) is 0. The van der Waals surface area contributed by atoms with Gasteiger partial charge in [0, 0.05) is 6.04 Å². The van der Waals surface area contributed by atoms with Crippen LogP contribution in [-0.2, 0) is 4.79 Å². The Labute approximate surface area is 126 Å². The quantitative estimate of drug-likeness (QED) is 0.785. The van der Waals surface area contributed by atoms with E-state index in [-0.39, 0.29) is 30.1 Å². The second-order valence-electron chi connectivity index (χ2n) is 4.66. The zero-order valence-electron chi connectivity index (χ0n) is 11.4. The van der Waals surface area contributed by atoms with Crippen molar-refractivity contribution in [3.8, 4) is 11.5 Å². The smallest absolute Gasteiger partial charge is 0.387 e. The molecule has 0 bridgehead atoms. The molecule has 1 fully saturated rings. The number of ether oxygens (including phenoxy) is 2. The Morgan fingerprint density at radius 3 is 2.71 bits per heavy atom. The van der Waals surface area contributed by atoms with Crippen LogP contribution >= 0.6 is 11.6 Å². The summed E-state index contributed by atoms with van der Waals surface area (Å²) < 4.78 is 34.2. The van der Waals surface area contributed by atoms with E-state index in [9.17, 15) is 13.6 Å². The Bertz CT molecular complexity index is 509. The molecule has 1 N–H and O–H groups in total. The van der Waals surface area contributed by atoms with Crippen molar-refractivity contribution in [3.63, 3.8) is 0 Å². The Morgan fingerprint density at radius 1 is 1.43 bits per heavy atom. The summed E-state index contributed by atoms with van der Waals surface area (Å²) in [6.45, 7) is -0.943. The van der Waals surface area contributed by atoms with Gasteiger partial charge >= 0.3 is 6.61 Å². The molecule has 1 aliphatic carbocycles. The molecular weight excluding hydrogens is 304 g/mol. The van der Waals surface area contributed by atoms with Crippen molar-refractivity contribution in [1.29, 1.82) is 0 Å². The van der Waals surface area contributed by atoms with Crippen LogP contribution in [0.2, 0.25) is 0 Å². The summed E-state index contributed by atoms with van der Waals surface area (Å²) in [6, 6.07) is 4.45. The summed E-state index contributed by atoms with van der Waals surface area (Å²) in [4.78, 5) is 11.9. The maximum Gasteiger partial charge on any atom is 0.387 e. The van der Waals surface area contributed by atoms with Crippen LogP contribution in [0.4, 0.5) is 8.78 Å². The van der Waals surface area contributed by atoms with E-state index in [0.717, 1.165) is 12.8 Å². The summed E-state index contributed by atoms with van der Waals surface area (Å²) in [5.41, 5.74) is 0.472. The highest BCUT2D eigenvalue weighted by Gasteiger charge is 2.27. The molecule has 1 aliphatic rings. The van der Waals surface area contributed by atoms with E-state index in [4.69, 9.17) is 16.3 Å². The number of nitrogens with one attached hydrogen (secondary N) is 1. The van der Waals surface area contributed by atoms with Crippen LogP contribution in [0.15, 0.2) is 18.2 Å². The second kappa shape index (κ2) is 6.93. The van der Waals surface area contributed by atoms with Gasteiger partial charge in [-0.1, -0.05) is 6.07 Å². The molecule has 0 aromatic heterocycles. The zero-order chi connectivity index (χ0) is 15.4. The van der Waals surface area contributed by atoms with Gasteiger partial charge in [0.15, 0.2) is 11.5 Å². The molecule has 0 aliphatic heterocycles. The van der Waals surface area contributed by atoms with Crippen LogP contribution in [-0.4, -0.2) is 25.2 Å². The molecule has 1 aromatic rings. The van der Waals surface area contributed by atoms with Crippen LogP contribution in [0.3, 0.4) is 0 Å². The van der Waals surface area contributed by atoms with E-state index in [0.29, 0.717) is 5.56 Å². The fraction of sp³-hybridized carbons (Fsp3) is 0.500. The van der Waals surface area contributed by atoms with Crippen LogP contribution in [0.1, 0.15) is 30.7 Å². The lowest BCUT2D eigenvalue weighted by molar-refractivity contribution is -0.121. The first kappa shape index (κ1) is 15.8. The highest BCUT2D eigenvalue weighted by Crippen LogP contribution is 2.34. The molecule has 1 atom stereocenters. The lowest BCUT2D eigenvalue weighted by Crippen LogP contribution is -2.28. The summed E-state index contributed by atoms with van der Waals surface area (Å²) in [5, 5.41) is 1.89. The van der Waals surface area contributed by atoms with E-state index < -0.39 is 12.0 Å². The van der Waals surface area contributed by atoms with Gasteiger partial charge in [-0.15, -0.1) is 11.6 Å². The molecule has 1 aromatic carbocycles. The molecular formula is C14H16ClF2NO3. The first-order valence-electron chi connectivity index (χ1n) is 6.67. The summed E-state index contributed by atoms with van der Waals surface area (Å²) in [5.74, 6) is -0.244. The number of carbonyl (C=O) groups excluding carboxylic acids is 1. The summed E-state index contributed by atoms with van der Waals surface area (Å²) in [6.07, 6.45) is 1.92. The molecule has 2 rings (SSSR count). The van der Waals surface area contributed by atoms with Crippen molar-refractivity contribution in [3.05, 3.63) is 23.8 Å². The SMILES string of the molecule is CCOc1cc(C(Cl)C(=O)NC2CC2)ccc1OC(F)F. The van der Waals surface area contributed by atoms with E-state index in [1.54, 1.807) is 6.92 Å². The molecule has 116 valence electrons. The highest BCUT2D eigenvalue weighted by molar-refractivity contribution is 6.30. The van der Waals surface area contributed by atoms with Crippen LogP contribution < -0.4 is 14.8 Å². The molecule has 0 radical (unpaired) electrons. The number of amides is 1. The Balaban J connectivity index is 2.14. The molecule has 0 saturated heterocycles. The fourth-order valence-electron chi connectivity index (χ4n) is 1.80. The lowest BCUT2D eigenvalue weighted by Gasteiger charge is -2.15. The van der Waals surface area contributed by atoms with Gasteiger partial charge in [0.1, 0.15) is 5.38 Å². The summed E-state index contributed by atoms with van der Waals surface area (Å²) >= 11 is 6.10. The van der Waals surface area contributed by atoms with E-state index in [1.165, 1.54) is 18.2 Å². The first-order valence-corrected chi connectivity index (χ1v) is 7.11.